The Morgan fingerprint density at radius 2 is 2.47 bits per heavy atom. The van der Waals surface area contributed by atoms with Gasteiger partial charge in [0, 0.05) is 26.0 Å². The molecular weight excluding hydrogens is 262 g/mol. The summed E-state index contributed by atoms with van der Waals surface area (Å²) in [5.74, 6) is 1.60. The van der Waals surface area contributed by atoms with Crippen LogP contribution in [0.15, 0.2) is 18.5 Å². The van der Waals surface area contributed by atoms with Crippen LogP contribution in [0, 0.1) is 5.92 Å². The van der Waals surface area contributed by atoms with Crippen LogP contribution < -0.4 is 0 Å². The Bertz CT molecular complexity index is 561. The smallest absolute Gasteiger partial charge is 0.127 e. The minimum Gasteiger partial charge on any atom is -0.381 e. The number of ether oxygens (including phenoxy) is 1. The van der Waals surface area contributed by atoms with Crippen molar-refractivity contribution in [2.45, 2.75) is 31.7 Å². The summed E-state index contributed by atoms with van der Waals surface area (Å²) in [5, 5.41) is -0.0905. The largest absolute Gasteiger partial charge is 0.381 e. The Hall–Kier alpha value is -1.13. The van der Waals surface area contributed by atoms with Crippen LogP contribution in [0.25, 0.3) is 11.0 Å². The molecule has 0 bridgehead atoms. The summed E-state index contributed by atoms with van der Waals surface area (Å²) in [4.78, 5) is 8.72. The molecule has 0 amide bonds. The van der Waals surface area contributed by atoms with Gasteiger partial charge in [0.15, 0.2) is 0 Å². The standard InChI is InChI=1S/C14H18ClN3O/c1-10(15)14-17-12-8-16-5-2-13(12)18(14)6-3-11-4-7-19-9-11/h2,5,8,10-11H,3-4,6-7,9H2,1H3. The van der Waals surface area contributed by atoms with Crippen molar-refractivity contribution in [3.8, 4) is 0 Å². The van der Waals surface area contributed by atoms with Gasteiger partial charge in [-0.25, -0.2) is 4.98 Å². The maximum Gasteiger partial charge on any atom is 0.127 e. The van der Waals surface area contributed by atoms with E-state index in [0.29, 0.717) is 5.92 Å². The molecule has 2 aromatic heterocycles. The Morgan fingerprint density at radius 1 is 1.58 bits per heavy atom. The predicted molar refractivity (Wildman–Crippen MR) is 75.3 cm³/mol. The lowest BCUT2D eigenvalue weighted by molar-refractivity contribution is 0.183. The van der Waals surface area contributed by atoms with Crippen molar-refractivity contribution in [1.82, 2.24) is 14.5 Å². The lowest BCUT2D eigenvalue weighted by Crippen LogP contribution is -2.09. The number of aryl methyl sites for hydroxylation is 1. The molecule has 1 aliphatic heterocycles. The molecule has 5 heteroatoms. The maximum atomic E-state index is 6.25. The van der Waals surface area contributed by atoms with E-state index < -0.39 is 0 Å². The molecule has 1 fully saturated rings. The summed E-state index contributed by atoms with van der Waals surface area (Å²) in [6.45, 7) is 4.70. The van der Waals surface area contributed by atoms with Crippen LogP contribution in [0.3, 0.4) is 0 Å². The van der Waals surface area contributed by atoms with E-state index in [4.69, 9.17) is 16.3 Å². The number of alkyl halides is 1. The zero-order valence-corrected chi connectivity index (χ0v) is 11.8. The molecule has 2 aromatic rings. The Morgan fingerprint density at radius 3 is 3.21 bits per heavy atom. The second-order valence-corrected chi connectivity index (χ2v) is 5.77. The number of imidazole rings is 1. The van der Waals surface area contributed by atoms with E-state index in [-0.39, 0.29) is 5.38 Å². The van der Waals surface area contributed by atoms with E-state index in [0.717, 1.165) is 43.0 Å². The Balaban J connectivity index is 1.88. The van der Waals surface area contributed by atoms with Gasteiger partial charge in [-0.2, -0.15) is 0 Å². The zero-order valence-electron chi connectivity index (χ0n) is 11.1. The highest BCUT2D eigenvalue weighted by molar-refractivity contribution is 6.20. The fourth-order valence-corrected chi connectivity index (χ4v) is 2.83. The lowest BCUT2D eigenvalue weighted by atomic mass is 10.1. The molecule has 0 radical (unpaired) electrons. The third kappa shape index (κ3) is 2.60. The summed E-state index contributed by atoms with van der Waals surface area (Å²) >= 11 is 6.25. The lowest BCUT2D eigenvalue weighted by Gasteiger charge is -2.13. The van der Waals surface area contributed by atoms with Crippen molar-refractivity contribution in [3.63, 3.8) is 0 Å². The second kappa shape index (κ2) is 5.47. The first kappa shape index (κ1) is 12.9. The van der Waals surface area contributed by atoms with Crippen molar-refractivity contribution >= 4 is 22.6 Å². The molecule has 4 nitrogen and oxygen atoms in total. The van der Waals surface area contributed by atoms with Crippen molar-refractivity contribution < 1.29 is 4.74 Å². The van der Waals surface area contributed by atoms with Gasteiger partial charge in [0.25, 0.3) is 0 Å². The first-order chi connectivity index (χ1) is 9.25. The molecule has 102 valence electrons. The summed E-state index contributed by atoms with van der Waals surface area (Å²) in [6, 6.07) is 2.01. The molecule has 0 saturated carbocycles. The summed E-state index contributed by atoms with van der Waals surface area (Å²) in [7, 11) is 0. The van der Waals surface area contributed by atoms with Crippen LogP contribution in [-0.2, 0) is 11.3 Å². The molecule has 0 spiro atoms. The van der Waals surface area contributed by atoms with Gasteiger partial charge in [-0.3, -0.25) is 4.98 Å². The number of rotatable bonds is 4. The van der Waals surface area contributed by atoms with Crippen molar-refractivity contribution in [2.75, 3.05) is 13.2 Å². The minimum atomic E-state index is -0.0905. The normalized spacial score (nSPS) is 21.1. The predicted octanol–water partition coefficient (Wildman–Crippen LogP) is 3.16. The zero-order chi connectivity index (χ0) is 13.2. The van der Waals surface area contributed by atoms with Gasteiger partial charge in [-0.05, 0) is 31.7 Å². The number of aromatic nitrogens is 3. The first-order valence-electron chi connectivity index (χ1n) is 6.77. The molecule has 2 atom stereocenters. The molecule has 19 heavy (non-hydrogen) atoms. The van der Waals surface area contributed by atoms with E-state index >= 15 is 0 Å². The molecule has 1 saturated heterocycles. The average Bonchev–Trinajstić information content (AvgIpc) is 3.03. The third-order valence-corrected chi connectivity index (χ3v) is 3.92. The number of hydrogen-bond acceptors (Lipinski definition) is 3. The molecule has 2 unspecified atom stereocenters. The van der Waals surface area contributed by atoms with Gasteiger partial charge in [0.05, 0.1) is 17.1 Å². The van der Waals surface area contributed by atoms with Crippen LogP contribution in [-0.4, -0.2) is 27.7 Å². The molecule has 0 N–H and O–H groups in total. The van der Waals surface area contributed by atoms with E-state index in [9.17, 15) is 0 Å². The van der Waals surface area contributed by atoms with Crippen LogP contribution in [0.5, 0.6) is 0 Å². The van der Waals surface area contributed by atoms with Crippen molar-refractivity contribution in [2.24, 2.45) is 5.92 Å². The molecule has 3 rings (SSSR count). The summed E-state index contributed by atoms with van der Waals surface area (Å²) in [5.41, 5.74) is 2.05. The van der Waals surface area contributed by atoms with E-state index in [1.54, 1.807) is 6.20 Å². The SMILES string of the molecule is CC(Cl)c1nc2cnccc2n1CCC1CCOC1. The number of pyridine rings is 1. The minimum absolute atomic E-state index is 0.0905. The fourth-order valence-electron chi connectivity index (χ4n) is 2.66. The number of fused-ring (bicyclic) bond motifs is 1. The summed E-state index contributed by atoms with van der Waals surface area (Å²) in [6.07, 6.45) is 5.89. The fraction of sp³-hybridized carbons (Fsp3) is 0.571. The Labute approximate surface area is 117 Å². The van der Waals surface area contributed by atoms with E-state index in [2.05, 4.69) is 14.5 Å². The number of hydrogen-bond donors (Lipinski definition) is 0. The van der Waals surface area contributed by atoms with Crippen LogP contribution in [0.2, 0.25) is 0 Å². The highest BCUT2D eigenvalue weighted by atomic mass is 35.5. The average molecular weight is 280 g/mol. The van der Waals surface area contributed by atoms with E-state index in [1.807, 2.05) is 19.2 Å². The van der Waals surface area contributed by atoms with Crippen LogP contribution >= 0.6 is 11.6 Å². The van der Waals surface area contributed by atoms with Gasteiger partial charge < -0.3 is 9.30 Å². The van der Waals surface area contributed by atoms with Crippen molar-refractivity contribution in [1.29, 1.82) is 0 Å². The quantitative estimate of drug-likeness (QED) is 0.807. The maximum absolute atomic E-state index is 6.25. The van der Waals surface area contributed by atoms with Crippen LogP contribution in [0.4, 0.5) is 0 Å². The molecule has 1 aliphatic rings. The van der Waals surface area contributed by atoms with Gasteiger partial charge in [0.1, 0.15) is 11.3 Å². The van der Waals surface area contributed by atoms with Gasteiger partial charge in [0.2, 0.25) is 0 Å². The van der Waals surface area contributed by atoms with Gasteiger partial charge in [-0.15, -0.1) is 11.6 Å². The number of nitrogens with zero attached hydrogens (tertiary/aromatic N) is 3. The molecule has 0 aromatic carbocycles. The topological polar surface area (TPSA) is 39.9 Å². The molecule has 3 heterocycles. The second-order valence-electron chi connectivity index (χ2n) is 5.12. The molecular formula is C14H18ClN3O. The third-order valence-electron chi connectivity index (χ3n) is 3.72. The summed E-state index contributed by atoms with van der Waals surface area (Å²) < 4.78 is 7.66. The van der Waals surface area contributed by atoms with E-state index in [1.165, 1.54) is 6.42 Å². The van der Waals surface area contributed by atoms with Crippen molar-refractivity contribution in [3.05, 3.63) is 24.3 Å². The Kier molecular flexibility index (Phi) is 3.71. The number of halogens is 1. The monoisotopic (exact) mass is 279 g/mol. The van der Waals surface area contributed by atoms with Gasteiger partial charge in [-0.1, -0.05) is 0 Å². The highest BCUT2D eigenvalue weighted by Crippen LogP contribution is 2.26. The van der Waals surface area contributed by atoms with Crippen LogP contribution in [0.1, 0.15) is 31.0 Å². The highest BCUT2D eigenvalue weighted by Gasteiger charge is 2.19. The molecule has 0 aliphatic carbocycles. The van der Waals surface area contributed by atoms with Gasteiger partial charge >= 0.3 is 0 Å². The first-order valence-corrected chi connectivity index (χ1v) is 7.21.